The number of ether oxygens (including phenoxy) is 1. The van der Waals surface area contributed by atoms with E-state index in [9.17, 15) is 4.79 Å². The first-order chi connectivity index (χ1) is 9.61. The van der Waals surface area contributed by atoms with Crippen LogP contribution < -0.4 is 11.1 Å². The van der Waals surface area contributed by atoms with Crippen molar-refractivity contribution in [1.82, 2.24) is 4.98 Å². The van der Waals surface area contributed by atoms with Crippen LogP contribution in [0.3, 0.4) is 0 Å². The van der Waals surface area contributed by atoms with Gasteiger partial charge in [0.15, 0.2) is 6.04 Å². The van der Waals surface area contributed by atoms with Crippen LogP contribution in [0.2, 0.25) is 0 Å². The van der Waals surface area contributed by atoms with Crippen LogP contribution in [-0.4, -0.2) is 18.1 Å². The molecule has 0 aliphatic carbocycles. The maximum absolute atomic E-state index is 11.9. The fourth-order valence-electron chi connectivity index (χ4n) is 1.75. The lowest BCUT2D eigenvalue weighted by Crippen LogP contribution is -2.23. The van der Waals surface area contributed by atoms with Crippen molar-refractivity contribution >= 4 is 33.4 Å². The molecule has 0 fully saturated rings. The van der Waals surface area contributed by atoms with Gasteiger partial charge in [0.25, 0.3) is 0 Å². The number of benzene rings is 1. The summed E-state index contributed by atoms with van der Waals surface area (Å²) in [5.41, 5.74) is 7.11. The van der Waals surface area contributed by atoms with Gasteiger partial charge in [-0.05, 0) is 27.6 Å². The lowest BCUT2D eigenvalue weighted by molar-refractivity contribution is -0.141. The number of pyridine rings is 1. The van der Waals surface area contributed by atoms with Gasteiger partial charge < -0.3 is 15.8 Å². The van der Waals surface area contributed by atoms with Gasteiger partial charge in [0, 0.05) is 10.7 Å². The molecule has 20 heavy (non-hydrogen) atoms. The first-order valence-corrected chi connectivity index (χ1v) is 6.71. The Morgan fingerprint density at radius 1 is 1.40 bits per heavy atom. The number of methoxy groups -OCH3 is 1. The normalized spacial score (nSPS) is 11.7. The third kappa shape index (κ3) is 3.27. The standard InChI is InChI=1S/C14H14BrN3O2/c1-20-14(19)12(9-5-3-2-4-6-9)18-13-11(16)7-10(15)8-17-13/h2-8,12H,16H2,1H3,(H,17,18). The summed E-state index contributed by atoms with van der Waals surface area (Å²) in [6.45, 7) is 0. The van der Waals surface area contributed by atoms with Gasteiger partial charge in [-0.25, -0.2) is 9.78 Å². The van der Waals surface area contributed by atoms with E-state index in [1.807, 2.05) is 30.3 Å². The Bertz CT molecular complexity index is 605. The molecular weight excluding hydrogens is 322 g/mol. The molecule has 0 aliphatic rings. The summed E-state index contributed by atoms with van der Waals surface area (Å²) in [5.74, 6) is 0.0350. The van der Waals surface area contributed by atoms with Crippen LogP contribution in [0, 0.1) is 0 Å². The van der Waals surface area contributed by atoms with Crippen LogP contribution in [0.25, 0.3) is 0 Å². The van der Waals surface area contributed by atoms with Crippen molar-refractivity contribution in [2.75, 3.05) is 18.2 Å². The molecule has 0 aliphatic heterocycles. The lowest BCUT2D eigenvalue weighted by atomic mass is 10.1. The molecule has 6 heteroatoms. The number of aromatic nitrogens is 1. The van der Waals surface area contributed by atoms with Gasteiger partial charge >= 0.3 is 5.97 Å². The van der Waals surface area contributed by atoms with Crippen molar-refractivity contribution in [3.8, 4) is 0 Å². The summed E-state index contributed by atoms with van der Waals surface area (Å²) in [6.07, 6.45) is 1.61. The highest BCUT2D eigenvalue weighted by Crippen LogP contribution is 2.25. The van der Waals surface area contributed by atoms with Gasteiger partial charge in [-0.15, -0.1) is 0 Å². The number of nitrogen functional groups attached to an aromatic ring is 1. The smallest absolute Gasteiger partial charge is 0.333 e. The SMILES string of the molecule is COC(=O)C(Nc1ncc(Br)cc1N)c1ccccc1. The van der Waals surface area contributed by atoms with Crippen LogP contribution in [-0.2, 0) is 9.53 Å². The third-order valence-electron chi connectivity index (χ3n) is 2.73. The first-order valence-electron chi connectivity index (χ1n) is 5.92. The number of carbonyl (C=O) groups is 1. The number of nitrogens with two attached hydrogens (primary N) is 1. The molecule has 5 nitrogen and oxygen atoms in total. The number of anilines is 2. The van der Waals surface area contributed by atoms with Crippen LogP contribution in [0.4, 0.5) is 11.5 Å². The van der Waals surface area contributed by atoms with E-state index in [4.69, 9.17) is 10.5 Å². The van der Waals surface area contributed by atoms with Crippen molar-refractivity contribution in [3.63, 3.8) is 0 Å². The first kappa shape index (κ1) is 14.3. The Hall–Kier alpha value is -2.08. The number of hydrogen-bond donors (Lipinski definition) is 2. The van der Waals surface area contributed by atoms with Crippen molar-refractivity contribution in [2.45, 2.75) is 6.04 Å². The van der Waals surface area contributed by atoms with Gasteiger partial charge in [0.2, 0.25) is 0 Å². The second-order valence-electron chi connectivity index (χ2n) is 4.10. The summed E-state index contributed by atoms with van der Waals surface area (Å²) in [5, 5.41) is 3.01. The highest BCUT2D eigenvalue weighted by molar-refractivity contribution is 9.10. The highest BCUT2D eigenvalue weighted by atomic mass is 79.9. The summed E-state index contributed by atoms with van der Waals surface area (Å²) in [7, 11) is 1.35. The number of esters is 1. The zero-order valence-electron chi connectivity index (χ0n) is 10.8. The maximum atomic E-state index is 11.9. The van der Waals surface area contributed by atoms with E-state index in [1.54, 1.807) is 12.3 Å². The van der Waals surface area contributed by atoms with E-state index >= 15 is 0 Å². The lowest BCUT2D eigenvalue weighted by Gasteiger charge is -2.18. The molecule has 1 heterocycles. The monoisotopic (exact) mass is 335 g/mol. The maximum Gasteiger partial charge on any atom is 0.333 e. The fourth-order valence-corrected chi connectivity index (χ4v) is 2.10. The predicted molar refractivity (Wildman–Crippen MR) is 81.2 cm³/mol. The van der Waals surface area contributed by atoms with Gasteiger partial charge in [-0.1, -0.05) is 30.3 Å². The molecule has 0 spiro atoms. The van der Waals surface area contributed by atoms with Gasteiger partial charge in [-0.2, -0.15) is 0 Å². The molecule has 1 aromatic heterocycles. The summed E-state index contributed by atoms with van der Waals surface area (Å²) in [4.78, 5) is 16.1. The molecular formula is C14H14BrN3O2. The molecule has 1 atom stereocenters. The number of hydrogen-bond acceptors (Lipinski definition) is 5. The van der Waals surface area contributed by atoms with Crippen molar-refractivity contribution < 1.29 is 9.53 Å². The molecule has 3 N–H and O–H groups in total. The molecule has 104 valence electrons. The third-order valence-corrected chi connectivity index (χ3v) is 3.17. The molecule has 0 saturated carbocycles. The van der Waals surface area contributed by atoms with Crippen molar-refractivity contribution in [3.05, 3.63) is 52.6 Å². The van der Waals surface area contributed by atoms with E-state index in [2.05, 4.69) is 26.2 Å². The molecule has 0 bridgehead atoms. The predicted octanol–water partition coefficient (Wildman–Crippen LogP) is 2.75. The van der Waals surface area contributed by atoms with Crippen LogP contribution in [0.15, 0.2) is 47.1 Å². The van der Waals surface area contributed by atoms with Crippen LogP contribution in [0.5, 0.6) is 0 Å². The zero-order chi connectivity index (χ0) is 14.5. The summed E-state index contributed by atoms with van der Waals surface area (Å²) < 4.78 is 5.60. The Kier molecular flexibility index (Phi) is 4.57. The molecule has 1 aromatic carbocycles. The fraction of sp³-hybridized carbons (Fsp3) is 0.143. The van der Waals surface area contributed by atoms with E-state index in [0.717, 1.165) is 10.0 Å². The van der Waals surface area contributed by atoms with Gasteiger partial charge in [-0.3, -0.25) is 0 Å². The molecule has 2 rings (SSSR count). The second kappa shape index (κ2) is 6.38. The number of halogens is 1. The van der Waals surface area contributed by atoms with Crippen molar-refractivity contribution in [1.29, 1.82) is 0 Å². The van der Waals surface area contributed by atoms with Gasteiger partial charge in [0.05, 0.1) is 12.8 Å². The van der Waals surface area contributed by atoms with Crippen molar-refractivity contribution in [2.24, 2.45) is 0 Å². The number of nitrogens with zero attached hydrogens (tertiary/aromatic N) is 1. The molecule has 0 amide bonds. The molecule has 1 unspecified atom stereocenters. The largest absolute Gasteiger partial charge is 0.467 e. The van der Waals surface area contributed by atoms with Crippen LogP contribution >= 0.6 is 15.9 Å². The summed E-state index contributed by atoms with van der Waals surface area (Å²) in [6, 6.07) is 10.3. The molecule has 2 aromatic rings. The van der Waals surface area contributed by atoms with Crippen LogP contribution in [0.1, 0.15) is 11.6 Å². The topological polar surface area (TPSA) is 77.2 Å². The second-order valence-corrected chi connectivity index (χ2v) is 5.02. The highest BCUT2D eigenvalue weighted by Gasteiger charge is 2.22. The van der Waals surface area contributed by atoms with E-state index in [0.29, 0.717) is 11.5 Å². The number of rotatable bonds is 4. The molecule has 0 radical (unpaired) electrons. The quantitative estimate of drug-likeness (QED) is 0.840. The minimum absolute atomic E-state index is 0.402. The number of nitrogens with one attached hydrogen (secondary N) is 1. The zero-order valence-corrected chi connectivity index (χ0v) is 12.4. The Labute approximate surface area is 125 Å². The summed E-state index contributed by atoms with van der Waals surface area (Å²) >= 11 is 3.29. The Balaban J connectivity index is 2.31. The minimum Gasteiger partial charge on any atom is -0.467 e. The molecule has 0 saturated heterocycles. The minimum atomic E-state index is -0.655. The average molecular weight is 336 g/mol. The Morgan fingerprint density at radius 2 is 2.10 bits per heavy atom. The van der Waals surface area contributed by atoms with Gasteiger partial charge in [0.1, 0.15) is 5.82 Å². The van der Waals surface area contributed by atoms with E-state index in [-0.39, 0.29) is 0 Å². The van der Waals surface area contributed by atoms with E-state index < -0.39 is 12.0 Å². The average Bonchev–Trinajstić information content (AvgIpc) is 2.46. The Morgan fingerprint density at radius 3 is 2.70 bits per heavy atom. The number of carbonyl (C=O) groups excluding carboxylic acids is 1. The van der Waals surface area contributed by atoms with E-state index in [1.165, 1.54) is 7.11 Å².